The minimum absolute atomic E-state index is 0.135. The van der Waals surface area contributed by atoms with Gasteiger partial charge in [0.1, 0.15) is 0 Å². The topological polar surface area (TPSA) is 36.4 Å². The van der Waals surface area contributed by atoms with Crippen molar-refractivity contribution in [3.05, 3.63) is 24.3 Å². The molecule has 1 aromatic carbocycles. The molecule has 20 heavy (non-hydrogen) atoms. The third-order valence-electron chi connectivity index (χ3n) is 5.16. The number of thiazole rings is 1. The molecule has 0 bridgehead atoms. The zero-order valence-electron chi connectivity index (χ0n) is 11.6. The van der Waals surface area contributed by atoms with Gasteiger partial charge in [-0.15, -0.1) is 0 Å². The fraction of sp³-hybridized carbons (Fsp3) is 0.562. The van der Waals surface area contributed by atoms with E-state index in [0.29, 0.717) is 12.5 Å². The van der Waals surface area contributed by atoms with Crippen molar-refractivity contribution in [2.24, 2.45) is 11.3 Å². The quantitative estimate of drug-likeness (QED) is 0.921. The van der Waals surface area contributed by atoms with Gasteiger partial charge in [0, 0.05) is 18.5 Å². The molecule has 1 aromatic heterocycles. The van der Waals surface area contributed by atoms with Crippen LogP contribution in [0.2, 0.25) is 0 Å². The maximum absolute atomic E-state index is 9.91. The first-order valence-electron chi connectivity index (χ1n) is 7.52. The number of benzene rings is 1. The molecular weight excluding hydrogens is 268 g/mol. The normalized spacial score (nSPS) is 29.9. The van der Waals surface area contributed by atoms with Crippen molar-refractivity contribution in [3.63, 3.8) is 0 Å². The van der Waals surface area contributed by atoms with Crippen LogP contribution in [0.15, 0.2) is 24.3 Å². The fourth-order valence-electron chi connectivity index (χ4n) is 3.98. The molecule has 2 aliphatic rings. The molecular formula is C16H20N2OS. The number of aromatic nitrogens is 1. The van der Waals surface area contributed by atoms with Gasteiger partial charge in [-0.05, 0) is 30.9 Å². The van der Waals surface area contributed by atoms with Gasteiger partial charge in [-0.1, -0.05) is 36.3 Å². The summed E-state index contributed by atoms with van der Waals surface area (Å²) >= 11 is 1.78. The first kappa shape index (κ1) is 12.6. The number of aliphatic hydroxyl groups is 1. The van der Waals surface area contributed by atoms with Gasteiger partial charge in [-0.2, -0.15) is 0 Å². The molecule has 0 spiro atoms. The first-order valence-corrected chi connectivity index (χ1v) is 8.34. The molecule has 0 radical (unpaired) electrons. The zero-order valence-corrected chi connectivity index (χ0v) is 12.4. The van der Waals surface area contributed by atoms with Gasteiger partial charge in [0.2, 0.25) is 0 Å². The second-order valence-corrected chi connectivity index (χ2v) is 7.32. The summed E-state index contributed by atoms with van der Waals surface area (Å²) < 4.78 is 1.26. The number of anilines is 1. The largest absolute Gasteiger partial charge is 0.396 e. The second kappa shape index (κ2) is 4.71. The van der Waals surface area contributed by atoms with E-state index in [1.54, 1.807) is 11.3 Å². The Hall–Kier alpha value is -1.13. The van der Waals surface area contributed by atoms with Crippen LogP contribution in [-0.4, -0.2) is 29.8 Å². The molecule has 2 atom stereocenters. The molecule has 3 nitrogen and oxygen atoms in total. The third kappa shape index (κ3) is 1.85. The van der Waals surface area contributed by atoms with Gasteiger partial charge < -0.3 is 10.0 Å². The van der Waals surface area contributed by atoms with Gasteiger partial charge in [-0.25, -0.2) is 4.98 Å². The second-order valence-electron chi connectivity index (χ2n) is 6.31. The summed E-state index contributed by atoms with van der Waals surface area (Å²) in [6.45, 7) is 2.38. The summed E-state index contributed by atoms with van der Waals surface area (Å²) in [6.07, 6.45) is 5.03. The van der Waals surface area contributed by atoms with Crippen molar-refractivity contribution < 1.29 is 5.11 Å². The monoisotopic (exact) mass is 288 g/mol. The van der Waals surface area contributed by atoms with Crippen LogP contribution < -0.4 is 4.90 Å². The molecule has 1 N–H and O–H groups in total. The Bertz CT molecular complexity index is 593. The molecule has 0 amide bonds. The summed E-state index contributed by atoms with van der Waals surface area (Å²) in [5.41, 5.74) is 1.23. The summed E-state index contributed by atoms with van der Waals surface area (Å²) in [5.74, 6) is 0.647. The highest BCUT2D eigenvalue weighted by Crippen LogP contribution is 2.48. The van der Waals surface area contributed by atoms with Gasteiger partial charge in [0.15, 0.2) is 5.13 Å². The van der Waals surface area contributed by atoms with E-state index >= 15 is 0 Å². The van der Waals surface area contributed by atoms with Crippen molar-refractivity contribution in [2.45, 2.75) is 25.7 Å². The SMILES string of the molecule is OCC12CCCCC1CN(c1nc3ccccc3s1)C2. The van der Waals surface area contributed by atoms with Crippen molar-refractivity contribution in [1.82, 2.24) is 4.98 Å². The molecule has 4 rings (SSSR count). The Morgan fingerprint density at radius 3 is 3.05 bits per heavy atom. The Balaban J connectivity index is 1.66. The van der Waals surface area contributed by atoms with Crippen LogP contribution in [0.4, 0.5) is 5.13 Å². The zero-order chi connectivity index (χ0) is 13.6. The van der Waals surface area contributed by atoms with Crippen LogP contribution in [0.1, 0.15) is 25.7 Å². The van der Waals surface area contributed by atoms with Crippen LogP contribution in [0.25, 0.3) is 10.2 Å². The highest BCUT2D eigenvalue weighted by molar-refractivity contribution is 7.22. The molecule has 2 unspecified atom stereocenters. The maximum atomic E-state index is 9.91. The summed E-state index contributed by atoms with van der Waals surface area (Å²) in [5, 5.41) is 11.0. The lowest BCUT2D eigenvalue weighted by Gasteiger charge is -2.36. The number of fused-ring (bicyclic) bond motifs is 2. The molecule has 106 valence electrons. The fourth-order valence-corrected chi connectivity index (χ4v) is 4.95. The number of aliphatic hydroxyl groups excluding tert-OH is 1. The predicted octanol–water partition coefficient (Wildman–Crippen LogP) is 3.29. The van der Waals surface area contributed by atoms with Crippen LogP contribution in [0.3, 0.4) is 0 Å². The van der Waals surface area contributed by atoms with Crippen molar-refractivity contribution >= 4 is 26.7 Å². The number of hydrogen-bond acceptors (Lipinski definition) is 4. The minimum atomic E-state index is 0.135. The average Bonchev–Trinajstić information content (AvgIpc) is 3.08. The van der Waals surface area contributed by atoms with Crippen LogP contribution in [-0.2, 0) is 0 Å². The van der Waals surface area contributed by atoms with E-state index in [1.807, 2.05) is 6.07 Å². The Morgan fingerprint density at radius 1 is 1.35 bits per heavy atom. The Labute approximate surface area is 123 Å². The van der Waals surface area contributed by atoms with Gasteiger partial charge in [-0.3, -0.25) is 0 Å². The minimum Gasteiger partial charge on any atom is -0.396 e. The molecule has 4 heteroatoms. The molecule has 1 saturated heterocycles. The van der Waals surface area contributed by atoms with Crippen molar-refractivity contribution in [2.75, 3.05) is 24.6 Å². The molecule has 2 aromatic rings. The first-order chi connectivity index (χ1) is 9.81. The summed E-state index contributed by atoms with van der Waals surface area (Å²) in [7, 11) is 0. The van der Waals surface area contributed by atoms with Gasteiger partial charge in [0.05, 0.1) is 16.8 Å². The van der Waals surface area contributed by atoms with Crippen LogP contribution in [0, 0.1) is 11.3 Å². The molecule has 2 fully saturated rings. The number of rotatable bonds is 2. The van der Waals surface area contributed by atoms with Crippen molar-refractivity contribution in [1.29, 1.82) is 0 Å². The lowest BCUT2D eigenvalue weighted by molar-refractivity contribution is 0.0627. The lowest BCUT2D eigenvalue weighted by atomic mass is 9.69. The van der Waals surface area contributed by atoms with Crippen LogP contribution in [0.5, 0.6) is 0 Å². The predicted molar refractivity (Wildman–Crippen MR) is 83.3 cm³/mol. The van der Waals surface area contributed by atoms with Crippen molar-refractivity contribution in [3.8, 4) is 0 Å². The maximum Gasteiger partial charge on any atom is 0.186 e. The van der Waals surface area contributed by atoms with E-state index in [1.165, 1.54) is 30.4 Å². The molecule has 2 heterocycles. The lowest BCUT2D eigenvalue weighted by Crippen LogP contribution is -2.36. The van der Waals surface area contributed by atoms with E-state index in [9.17, 15) is 5.11 Å². The van der Waals surface area contributed by atoms with Gasteiger partial charge in [0.25, 0.3) is 0 Å². The van der Waals surface area contributed by atoms with E-state index in [-0.39, 0.29) is 5.41 Å². The summed E-state index contributed by atoms with van der Waals surface area (Å²) in [6, 6.07) is 8.34. The van der Waals surface area contributed by atoms with E-state index in [4.69, 9.17) is 4.98 Å². The van der Waals surface area contributed by atoms with Crippen LogP contribution >= 0.6 is 11.3 Å². The highest BCUT2D eigenvalue weighted by Gasteiger charge is 2.47. The Morgan fingerprint density at radius 2 is 2.25 bits per heavy atom. The average molecular weight is 288 g/mol. The van der Waals surface area contributed by atoms with E-state index in [2.05, 4.69) is 23.1 Å². The number of nitrogens with zero attached hydrogens (tertiary/aromatic N) is 2. The third-order valence-corrected chi connectivity index (χ3v) is 6.26. The van der Waals surface area contributed by atoms with E-state index < -0.39 is 0 Å². The molecule has 1 aliphatic heterocycles. The molecule has 1 aliphatic carbocycles. The standard InChI is InChI=1S/C16H20N2OS/c19-11-16-8-4-3-5-12(16)9-18(10-16)15-17-13-6-1-2-7-14(13)20-15/h1-2,6-7,12,19H,3-5,8-11H2. The smallest absolute Gasteiger partial charge is 0.186 e. The van der Waals surface area contributed by atoms with E-state index in [0.717, 1.165) is 23.7 Å². The number of para-hydroxylation sites is 1. The highest BCUT2D eigenvalue weighted by atomic mass is 32.1. The summed E-state index contributed by atoms with van der Waals surface area (Å²) in [4.78, 5) is 7.19. The number of hydrogen-bond donors (Lipinski definition) is 1. The molecule has 1 saturated carbocycles. The Kier molecular flexibility index (Phi) is 2.97. The van der Waals surface area contributed by atoms with Gasteiger partial charge >= 0.3 is 0 Å².